The number of rotatable bonds is 5. The van der Waals surface area contributed by atoms with Gasteiger partial charge in [0.05, 0.1) is 18.8 Å². The minimum absolute atomic E-state index is 0.153. The van der Waals surface area contributed by atoms with Crippen LogP contribution in [0.2, 0.25) is 0 Å². The summed E-state index contributed by atoms with van der Waals surface area (Å²) in [6.45, 7) is 4.84. The number of nitrogens with one attached hydrogen (secondary N) is 1. The van der Waals surface area contributed by atoms with Gasteiger partial charge < -0.3 is 19.2 Å². The van der Waals surface area contributed by atoms with Crippen LogP contribution in [0.3, 0.4) is 0 Å². The van der Waals surface area contributed by atoms with Gasteiger partial charge in [0.25, 0.3) is 0 Å². The highest BCUT2D eigenvalue weighted by atomic mass is 16.3. The Morgan fingerprint density at radius 2 is 2.40 bits per heavy atom. The Morgan fingerprint density at radius 1 is 1.60 bits per heavy atom. The van der Waals surface area contributed by atoms with Gasteiger partial charge in [0, 0.05) is 13.6 Å². The summed E-state index contributed by atoms with van der Waals surface area (Å²) in [7, 11) is 1.85. The molecular formula is C13H19N5O2. The average molecular weight is 277 g/mol. The molecule has 2 aromatic heterocycles. The van der Waals surface area contributed by atoms with E-state index in [0.29, 0.717) is 18.9 Å². The number of carbonyl (C=O) groups is 1. The lowest BCUT2D eigenvalue weighted by Gasteiger charge is -2.22. The highest BCUT2D eigenvalue weighted by molar-refractivity contribution is 5.74. The summed E-state index contributed by atoms with van der Waals surface area (Å²) in [4.78, 5) is 13.9. The molecule has 0 saturated carbocycles. The van der Waals surface area contributed by atoms with Crippen molar-refractivity contribution in [3.05, 3.63) is 36.3 Å². The zero-order valence-corrected chi connectivity index (χ0v) is 11.9. The number of furan rings is 1. The number of aromatic nitrogens is 3. The molecule has 2 amide bonds. The molecule has 0 unspecified atom stereocenters. The van der Waals surface area contributed by atoms with Crippen molar-refractivity contribution in [2.75, 3.05) is 6.54 Å². The van der Waals surface area contributed by atoms with E-state index in [1.54, 1.807) is 22.1 Å². The van der Waals surface area contributed by atoms with E-state index in [0.717, 1.165) is 5.76 Å². The fourth-order valence-corrected chi connectivity index (χ4v) is 1.94. The van der Waals surface area contributed by atoms with Crippen LogP contribution in [0.1, 0.15) is 31.5 Å². The Hall–Kier alpha value is -2.31. The monoisotopic (exact) mass is 277 g/mol. The molecule has 108 valence electrons. The molecule has 0 radical (unpaired) electrons. The Bertz CT molecular complexity index is 549. The Labute approximate surface area is 117 Å². The third-order valence-electron chi connectivity index (χ3n) is 3.07. The first-order valence-corrected chi connectivity index (χ1v) is 6.53. The minimum Gasteiger partial charge on any atom is -0.467 e. The van der Waals surface area contributed by atoms with Crippen LogP contribution >= 0.6 is 0 Å². The van der Waals surface area contributed by atoms with Crippen LogP contribution < -0.4 is 5.32 Å². The normalized spacial score (nSPS) is 12.2. The highest BCUT2D eigenvalue weighted by Crippen LogP contribution is 2.10. The van der Waals surface area contributed by atoms with Gasteiger partial charge in [0.2, 0.25) is 0 Å². The van der Waals surface area contributed by atoms with Crippen LogP contribution in [0, 0.1) is 0 Å². The van der Waals surface area contributed by atoms with Crippen molar-refractivity contribution in [1.29, 1.82) is 0 Å². The smallest absolute Gasteiger partial charge is 0.318 e. The number of nitrogens with zero attached hydrogens (tertiary/aromatic N) is 4. The zero-order valence-electron chi connectivity index (χ0n) is 11.9. The molecule has 2 heterocycles. The Balaban J connectivity index is 1.97. The van der Waals surface area contributed by atoms with Crippen molar-refractivity contribution in [3.8, 4) is 0 Å². The number of amides is 2. The van der Waals surface area contributed by atoms with Gasteiger partial charge in [-0.1, -0.05) is 0 Å². The maximum absolute atomic E-state index is 12.2. The number of urea groups is 1. The molecule has 7 nitrogen and oxygen atoms in total. The van der Waals surface area contributed by atoms with E-state index in [4.69, 9.17) is 4.42 Å². The van der Waals surface area contributed by atoms with Crippen molar-refractivity contribution >= 4 is 6.03 Å². The van der Waals surface area contributed by atoms with Crippen molar-refractivity contribution in [2.24, 2.45) is 7.05 Å². The molecule has 1 atom stereocenters. The molecule has 0 aliphatic carbocycles. The average Bonchev–Trinajstić information content (AvgIpc) is 3.06. The maximum Gasteiger partial charge on any atom is 0.318 e. The van der Waals surface area contributed by atoms with Gasteiger partial charge in [-0.05, 0) is 26.0 Å². The number of hydrogen-bond acceptors (Lipinski definition) is 4. The maximum atomic E-state index is 12.2. The first-order valence-electron chi connectivity index (χ1n) is 6.53. The Kier molecular flexibility index (Phi) is 4.39. The van der Waals surface area contributed by atoms with E-state index in [1.165, 1.54) is 0 Å². The summed E-state index contributed by atoms with van der Waals surface area (Å²) < 4.78 is 7.05. The molecule has 2 rings (SSSR count). The quantitative estimate of drug-likeness (QED) is 0.902. The zero-order chi connectivity index (χ0) is 14.5. The molecule has 0 aliphatic heterocycles. The molecule has 1 N–H and O–H groups in total. The third-order valence-corrected chi connectivity index (χ3v) is 3.07. The molecular weight excluding hydrogens is 258 g/mol. The fraction of sp³-hybridized carbons (Fsp3) is 0.462. The van der Waals surface area contributed by atoms with Gasteiger partial charge in [-0.3, -0.25) is 0 Å². The van der Waals surface area contributed by atoms with E-state index in [2.05, 4.69) is 15.5 Å². The van der Waals surface area contributed by atoms with Crippen LogP contribution in [0.25, 0.3) is 0 Å². The summed E-state index contributed by atoms with van der Waals surface area (Å²) in [6, 6.07) is 3.30. The van der Waals surface area contributed by atoms with E-state index in [-0.39, 0.29) is 12.1 Å². The minimum atomic E-state index is -0.208. The van der Waals surface area contributed by atoms with Crippen LogP contribution in [0.4, 0.5) is 4.79 Å². The van der Waals surface area contributed by atoms with Crippen molar-refractivity contribution in [2.45, 2.75) is 26.4 Å². The van der Waals surface area contributed by atoms with Gasteiger partial charge >= 0.3 is 6.03 Å². The van der Waals surface area contributed by atoms with Gasteiger partial charge in [-0.25, -0.2) is 4.79 Å². The lowest BCUT2D eigenvalue weighted by atomic mass is 10.3. The molecule has 0 bridgehead atoms. The lowest BCUT2D eigenvalue weighted by molar-refractivity contribution is 0.189. The molecule has 0 aliphatic rings. The van der Waals surface area contributed by atoms with Crippen LogP contribution in [0.5, 0.6) is 0 Å². The molecule has 7 heteroatoms. The molecule has 0 fully saturated rings. The second-order valence-corrected chi connectivity index (χ2v) is 4.56. The largest absolute Gasteiger partial charge is 0.467 e. The van der Waals surface area contributed by atoms with Crippen molar-refractivity contribution < 1.29 is 9.21 Å². The summed E-state index contributed by atoms with van der Waals surface area (Å²) in [6.07, 6.45) is 3.21. The predicted octanol–water partition coefficient (Wildman–Crippen LogP) is 1.70. The Morgan fingerprint density at radius 3 is 2.95 bits per heavy atom. The van der Waals surface area contributed by atoms with Crippen LogP contribution in [-0.2, 0) is 13.6 Å². The summed E-state index contributed by atoms with van der Waals surface area (Å²) in [5.74, 6) is 1.47. The topological polar surface area (TPSA) is 76.2 Å². The van der Waals surface area contributed by atoms with Gasteiger partial charge in [0.1, 0.15) is 12.1 Å². The first kappa shape index (κ1) is 14.1. The summed E-state index contributed by atoms with van der Waals surface area (Å²) in [5.41, 5.74) is 0. The van der Waals surface area contributed by atoms with E-state index in [1.807, 2.05) is 33.0 Å². The number of carbonyl (C=O) groups excluding carboxylic acids is 1. The SMILES string of the molecule is CCN(Cc1ccco1)C(=O)N[C@H](C)c1nncn1C. The fourth-order valence-electron chi connectivity index (χ4n) is 1.94. The first-order chi connectivity index (χ1) is 9.61. The van der Waals surface area contributed by atoms with Gasteiger partial charge in [-0.2, -0.15) is 0 Å². The summed E-state index contributed by atoms with van der Waals surface area (Å²) >= 11 is 0. The molecule has 20 heavy (non-hydrogen) atoms. The number of hydrogen-bond donors (Lipinski definition) is 1. The second-order valence-electron chi connectivity index (χ2n) is 4.56. The van der Waals surface area contributed by atoms with E-state index >= 15 is 0 Å². The lowest BCUT2D eigenvalue weighted by Crippen LogP contribution is -2.41. The number of aryl methyl sites for hydroxylation is 1. The summed E-state index contributed by atoms with van der Waals surface area (Å²) in [5, 5.41) is 10.7. The molecule has 0 aromatic carbocycles. The van der Waals surface area contributed by atoms with Crippen LogP contribution in [-0.4, -0.2) is 32.2 Å². The second kappa shape index (κ2) is 6.23. The van der Waals surface area contributed by atoms with Gasteiger partial charge in [-0.15, -0.1) is 10.2 Å². The highest BCUT2D eigenvalue weighted by Gasteiger charge is 2.18. The molecule has 2 aromatic rings. The predicted molar refractivity (Wildman–Crippen MR) is 72.7 cm³/mol. The standard InChI is InChI=1S/C13H19N5O2/c1-4-18(8-11-6-5-7-20-11)13(19)15-10(2)12-16-14-9-17(12)3/h5-7,9-10H,4,8H2,1-3H3,(H,15,19)/t10-/m1/s1. The van der Waals surface area contributed by atoms with Gasteiger partial charge in [0.15, 0.2) is 5.82 Å². The van der Waals surface area contributed by atoms with E-state index < -0.39 is 0 Å². The third kappa shape index (κ3) is 3.17. The molecule has 0 spiro atoms. The van der Waals surface area contributed by atoms with E-state index in [9.17, 15) is 4.79 Å². The van der Waals surface area contributed by atoms with Crippen LogP contribution in [0.15, 0.2) is 29.1 Å². The van der Waals surface area contributed by atoms with Crippen molar-refractivity contribution in [3.63, 3.8) is 0 Å². The van der Waals surface area contributed by atoms with Crippen molar-refractivity contribution in [1.82, 2.24) is 25.0 Å². The molecule has 0 saturated heterocycles.